The fraction of sp³-hybridized carbons (Fsp3) is 0.407. The van der Waals surface area contributed by atoms with E-state index in [2.05, 4.69) is 6.07 Å². The van der Waals surface area contributed by atoms with Crippen LogP contribution in [0.25, 0.3) is 22.3 Å². The molecule has 0 spiro atoms. The third kappa shape index (κ3) is 4.10. The predicted molar refractivity (Wildman–Crippen MR) is 127 cm³/mol. The van der Waals surface area contributed by atoms with Gasteiger partial charge in [0.15, 0.2) is 0 Å². The first kappa shape index (κ1) is 22.9. The van der Waals surface area contributed by atoms with E-state index < -0.39 is 5.41 Å². The van der Waals surface area contributed by atoms with Crippen LogP contribution in [0.1, 0.15) is 51.8 Å². The largest absolute Gasteiger partial charge is 0.466 e. The molecule has 2 aromatic carbocycles. The van der Waals surface area contributed by atoms with Gasteiger partial charge in [-0.3, -0.25) is 9.59 Å². The molecule has 4 rings (SSSR count). The first-order valence-corrected chi connectivity index (χ1v) is 11.6. The van der Waals surface area contributed by atoms with Crippen molar-refractivity contribution in [2.45, 2.75) is 46.0 Å². The van der Waals surface area contributed by atoms with Gasteiger partial charge in [-0.05, 0) is 44.4 Å². The highest BCUT2D eigenvalue weighted by Gasteiger charge is 2.49. The average Bonchev–Trinajstić information content (AvgIpc) is 3.07. The Morgan fingerprint density at radius 2 is 1.33 bits per heavy atom. The second-order valence-electron chi connectivity index (χ2n) is 8.75. The predicted octanol–water partition coefficient (Wildman–Crippen LogP) is 5.07. The fourth-order valence-corrected chi connectivity index (χ4v) is 5.03. The molecule has 33 heavy (non-hydrogen) atoms. The maximum Gasteiger partial charge on any atom is 0.308 e. The molecule has 1 aliphatic rings. The van der Waals surface area contributed by atoms with Gasteiger partial charge in [0, 0.05) is 11.0 Å². The number of benzene rings is 2. The molecule has 0 saturated carbocycles. The number of ether oxygens (including phenoxy) is 2. The summed E-state index contributed by atoms with van der Waals surface area (Å²) in [6, 6.07) is 15.9. The van der Waals surface area contributed by atoms with Gasteiger partial charge in [0.1, 0.15) is 0 Å². The number of carbonyl (C=O) groups is 2. The van der Waals surface area contributed by atoms with Crippen LogP contribution >= 0.6 is 0 Å². The topological polar surface area (TPSA) is 78.4 Å². The zero-order valence-electron chi connectivity index (χ0n) is 19.6. The highest BCUT2D eigenvalue weighted by molar-refractivity contribution is 5.85. The Balaban J connectivity index is 1.92. The van der Waals surface area contributed by atoms with E-state index in [-0.39, 0.29) is 23.8 Å². The number of nitrogens with zero attached hydrogens (tertiary/aromatic N) is 2. The quantitative estimate of drug-likeness (QED) is 0.449. The minimum atomic E-state index is -0.665. The summed E-state index contributed by atoms with van der Waals surface area (Å²) < 4.78 is 10.7. The summed E-state index contributed by atoms with van der Waals surface area (Å²) in [6.07, 6.45) is 0.930. The van der Waals surface area contributed by atoms with Crippen molar-refractivity contribution in [3.63, 3.8) is 0 Å². The van der Waals surface area contributed by atoms with Gasteiger partial charge in [-0.2, -0.15) is 0 Å². The molecule has 2 atom stereocenters. The lowest BCUT2D eigenvalue weighted by atomic mass is 9.69. The zero-order chi connectivity index (χ0) is 23.6. The number of esters is 2. The van der Waals surface area contributed by atoms with Gasteiger partial charge in [-0.1, -0.05) is 50.2 Å². The van der Waals surface area contributed by atoms with E-state index in [1.165, 1.54) is 0 Å². The number of hydrogen-bond donors (Lipinski definition) is 0. The van der Waals surface area contributed by atoms with Crippen LogP contribution in [0.3, 0.4) is 0 Å². The van der Waals surface area contributed by atoms with Crippen molar-refractivity contribution in [2.24, 2.45) is 11.8 Å². The van der Waals surface area contributed by atoms with Gasteiger partial charge < -0.3 is 9.47 Å². The number of fused-ring (bicyclic) bond motifs is 4. The number of rotatable bonds is 8. The molecule has 6 nitrogen and oxygen atoms in total. The summed E-state index contributed by atoms with van der Waals surface area (Å²) in [5.41, 5.74) is 4.62. The van der Waals surface area contributed by atoms with Gasteiger partial charge in [0.2, 0.25) is 0 Å². The van der Waals surface area contributed by atoms with Gasteiger partial charge in [-0.25, -0.2) is 9.97 Å². The van der Waals surface area contributed by atoms with Crippen molar-refractivity contribution in [3.8, 4) is 11.3 Å². The summed E-state index contributed by atoms with van der Waals surface area (Å²) in [5.74, 6) is -1.26. The maximum atomic E-state index is 12.7. The minimum absolute atomic E-state index is 0.250. The van der Waals surface area contributed by atoms with Crippen LogP contribution in [0.15, 0.2) is 48.5 Å². The Morgan fingerprint density at radius 3 is 1.91 bits per heavy atom. The van der Waals surface area contributed by atoms with Crippen molar-refractivity contribution < 1.29 is 19.1 Å². The minimum Gasteiger partial charge on any atom is -0.466 e. The molecule has 6 heteroatoms. The molecule has 0 radical (unpaired) electrons. The third-order valence-electron chi connectivity index (χ3n) is 6.41. The van der Waals surface area contributed by atoms with E-state index in [1.807, 2.05) is 56.3 Å². The molecule has 3 aromatic rings. The maximum absolute atomic E-state index is 12.7. The second kappa shape index (κ2) is 9.30. The van der Waals surface area contributed by atoms with Crippen LogP contribution in [0.5, 0.6) is 0 Å². The number of aromatic nitrogens is 2. The Kier molecular flexibility index (Phi) is 6.45. The number of para-hydroxylation sites is 2. The monoisotopic (exact) mass is 446 g/mol. The molecule has 0 amide bonds. The standard InChI is InChI=1S/C27H30N2O4/c1-5-32-25(30)17(3)15-27(16-18(4)26(31)33-6-2)20-12-8-7-11-19(20)23-24(27)29-22-14-10-9-13-21(22)28-23/h7-14,17-18H,5-6,15-16H2,1-4H3. The van der Waals surface area contributed by atoms with Crippen molar-refractivity contribution in [2.75, 3.05) is 13.2 Å². The summed E-state index contributed by atoms with van der Waals surface area (Å²) >= 11 is 0. The van der Waals surface area contributed by atoms with E-state index in [9.17, 15) is 9.59 Å². The summed E-state index contributed by atoms with van der Waals surface area (Å²) in [4.78, 5) is 35.4. The van der Waals surface area contributed by atoms with E-state index in [4.69, 9.17) is 19.4 Å². The van der Waals surface area contributed by atoms with Crippen molar-refractivity contribution in [1.29, 1.82) is 0 Å². The molecule has 0 fully saturated rings. The molecule has 0 bridgehead atoms. The molecule has 172 valence electrons. The van der Waals surface area contributed by atoms with Crippen molar-refractivity contribution in [3.05, 3.63) is 59.8 Å². The Morgan fingerprint density at radius 1 is 0.818 bits per heavy atom. The zero-order valence-corrected chi connectivity index (χ0v) is 19.6. The molecule has 0 aliphatic heterocycles. The molecule has 2 unspecified atom stereocenters. The second-order valence-corrected chi connectivity index (χ2v) is 8.75. The third-order valence-corrected chi connectivity index (χ3v) is 6.41. The Labute approximate surface area is 194 Å². The van der Waals surface area contributed by atoms with Crippen molar-refractivity contribution >= 4 is 23.0 Å². The van der Waals surface area contributed by atoms with E-state index in [0.29, 0.717) is 26.1 Å². The smallest absolute Gasteiger partial charge is 0.308 e. The van der Waals surface area contributed by atoms with Crippen LogP contribution in [0.2, 0.25) is 0 Å². The summed E-state index contributed by atoms with van der Waals surface area (Å²) in [5, 5.41) is 0. The van der Waals surface area contributed by atoms with Gasteiger partial charge in [0.25, 0.3) is 0 Å². The van der Waals surface area contributed by atoms with Crippen LogP contribution in [0.4, 0.5) is 0 Å². The Hall–Kier alpha value is -3.28. The molecule has 1 heterocycles. The summed E-state index contributed by atoms with van der Waals surface area (Å²) in [6.45, 7) is 8.02. The summed E-state index contributed by atoms with van der Waals surface area (Å²) in [7, 11) is 0. The number of hydrogen-bond acceptors (Lipinski definition) is 6. The highest BCUT2D eigenvalue weighted by Crippen LogP contribution is 2.54. The van der Waals surface area contributed by atoms with Crippen LogP contribution in [-0.4, -0.2) is 35.1 Å². The highest BCUT2D eigenvalue weighted by atomic mass is 16.5. The van der Waals surface area contributed by atoms with Gasteiger partial charge >= 0.3 is 11.9 Å². The first-order valence-electron chi connectivity index (χ1n) is 11.6. The SMILES string of the molecule is CCOC(=O)C(C)CC1(CC(C)C(=O)OCC)c2ccccc2-c2nc3ccccc3nc21. The van der Waals surface area contributed by atoms with Crippen LogP contribution in [-0.2, 0) is 24.5 Å². The fourth-order valence-electron chi connectivity index (χ4n) is 5.03. The number of carbonyl (C=O) groups excluding carboxylic acids is 2. The van der Waals surface area contributed by atoms with E-state index in [0.717, 1.165) is 33.5 Å². The average molecular weight is 447 g/mol. The molecule has 1 aliphatic carbocycles. The van der Waals surface area contributed by atoms with Crippen LogP contribution in [0, 0.1) is 11.8 Å². The lowest BCUT2D eigenvalue weighted by molar-refractivity contribution is -0.148. The van der Waals surface area contributed by atoms with Crippen molar-refractivity contribution in [1.82, 2.24) is 9.97 Å². The molecule has 0 N–H and O–H groups in total. The van der Waals surface area contributed by atoms with E-state index >= 15 is 0 Å². The first-order chi connectivity index (χ1) is 15.9. The van der Waals surface area contributed by atoms with Gasteiger partial charge in [-0.15, -0.1) is 0 Å². The van der Waals surface area contributed by atoms with Crippen LogP contribution < -0.4 is 0 Å². The molecular weight excluding hydrogens is 416 g/mol. The molecule has 1 aromatic heterocycles. The van der Waals surface area contributed by atoms with Gasteiger partial charge in [0.05, 0.1) is 47.5 Å². The molecule has 0 saturated heterocycles. The lowest BCUT2D eigenvalue weighted by Crippen LogP contribution is -2.35. The lowest BCUT2D eigenvalue weighted by Gasteiger charge is -2.34. The van der Waals surface area contributed by atoms with E-state index in [1.54, 1.807) is 13.8 Å². The Bertz CT molecular complexity index is 1160. The normalized spacial score (nSPS) is 18.3. The molecular formula is C27H30N2O4.